The van der Waals surface area contributed by atoms with Gasteiger partial charge in [-0.25, -0.2) is 0 Å². The highest BCUT2D eigenvalue weighted by atomic mass is 79.9. The first-order valence-corrected chi connectivity index (χ1v) is 3.51. The molecule has 1 aliphatic rings. The molecular weight excluding hydrogens is 168 g/mol. The second-order valence-corrected chi connectivity index (χ2v) is 3.22. The van der Waals surface area contributed by atoms with Crippen molar-refractivity contribution in [2.45, 2.75) is 25.4 Å². The van der Waals surface area contributed by atoms with Crippen LogP contribution in [0.3, 0.4) is 0 Å². The largest absolute Gasteiger partial charge is 0.385 e. The summed E-state index contributed by atoms with van der Waals surface area (Å²) in [5, 5.41) is 9.35. The van der Waals surface area contributed by atoms with Crippen LogP contribution in [0.15, 0.2) is 10.6 Å². The topological polar surface area (TPSA) is 20.2 Å². The fourth-order valence-corrected chi connectivity index (χ4v) is 1.25. The molecule has 0 heterocycles. The van der Waals surface area contributed by atoms with Crippen molar-refractivity contribution in [3.05, 3.63) is 10.6 Å². The molecule has 0 aliphatic heterocycles. The molecule has 0 saturated carbocycles. The molecular formula is C6H9BrO. The second kappa shape index (κ2) is 1.85. The van der Waals surface area contributed by atoms with E-state index >= 15 is 0 Å². The third-order valence-electron chi connectivity index (χ3n) is 1.47. The normalized spacial score (nSPS) is 37.6. The van der Waals surface area contributed by atoms with Gasteiger partial charge in [-0.2, -0.15) is 0 Å². The Bertz CT molecular complexity index is 126. The first-order valence-electron chi connectivity index (χ1n) is 2.71. The van der Waals surface area contributed by atoms with Crippen LogP contribution in [-0.4, -0.2) is 10.7 Å². The summed E-state index contributed by atoms with van der Waals surface area (Å²) in [5.74, 6) is 0. The lowest BCUT2D eigenvalue weighted by Gasteiger charge is -2.15. The fraction of sp³-hybridized carbons (Fsp3) is 0.667. The van der Waals surface area contributed by atoms with Crippen molar-refractivity contribution in [1.29, 1.82) is 0 Å². The summed E-state index contributed by atoms with van der Waals surface area (Å²) in [4.78, 5) is 0. The number of halogens is 1. The highest BCUT2D eigenvalue weighted by Crippen LogP contribution is 2.33. The smallest absolute Gasteiger partial charge is 0.0932 e. The Balaban J connectivity index is 2.73. The Kier molecular flexibility index (Phi) is 1.46. The molecule has 0 saturated heterocycles. The molecule has 1 rings (SSSR count). The molecule has 8 heavy (non-hydrogen) atoms. The molecule has 1 atom stereocenters. The zero-order valence-electron chi connectivity index (χ0n) is 4.82. The van der Waals surface area contributed by atoms with Crippen LogP contribution in [0.4, 0.5) is 0 Å². The van der Waals surface area contributed by atoms with Gasteiger partial charge >= 0.3 is 0 Å². The van der Waals surface area contributed by atoms with Gasteiger partial charge in [-0.15, -0.1) is 0 Å². The Labute approximate surface area is 57.5 Å². The van der Waals surface area contributed by atoms with Crippen molar-refractivity contribution in [1.82, 2.24) is 0 Å². The zero-order valence-corrected chi connectivity index (χ0v) is 6.40. The summed E-state index contributed by atoms with van der Waals surface area (Å²) in [6, 6.07) is 0. The predicted molar refractivity (Wildman–Crippen MR) is 36.9 cm³/mol. The van der Waals surface area contributed by atoms with Crippen molar-refractivity contribution >= 4 is 15.9 Å². The third-order valence-corrected chi connectivity index (χ3v) is 2.65. The SMILES string of the molecule is CC1(O)CCC=C1Br. The molecule has 0 aromatic rings. The molecule has 1 aliphatic carbocycles. The van der Waals surface area contributed by atoms with Crippen LogP contribution in [0.2, 0.25) is 0 Å². The lowest BCUT2D eigenvalue weighted by atomic mass is 10.1. The summed E-state index contributed by atoms with van der Waals surface area (Å²) in [6.07, 6.45) is 3.86. The molecule has 0 aromatic heterocycles. The molecule has 0 bridgehead atoms. The van der Waals surface area contributed by atoms with E-state index in [2.05, 4.69) is 15.9 Å². The van der Waals surface area contributed by atoms with Gasteiger partial charge in [0, 0.05) is 4.48 Å². The van der Waals surface area contributed by atoms with E-state index < -0.39 is 5.60 Å². The minimum Gasteiger partial charge on any atom is -0.385 e. The van der Waals surface area contributed by atoms with E-state index in [9.17, 15) is 5.11 Å². The molecule has 46 valence electrons. The van der Waals surface area contributed by atoms with Crippen molar-refractivity contribution in [3.8, 4) is 0 Å². The van der Waals surface area contributed by atoms with Crippen LogP contribution in [0.5, 0.6) is 0 Å². The van der Waals surface area contributed by atoms with Crippen LogP contribution in [-0.2, 0) is 0 Å². The summed E-state index contributed by atoms with van der Waals surface area (Å²) < 4.78 is 0.935. The van der Waals surface area contributed by atoms with E-state index in [0.717, 1.165) is 17.3 Å². The Morgan fingerprint density at radius 3 is 2.62 bits per heavy atom. The first-order chi connectivity index (χ1) is 3.63. The molecule has 1 N–H and O–H groups in total. The van der Waals surface area contributed by atoms with Gasteiger partial charge in [0.2, 0.25) is 0 Å². The van der Waals surface area contributed by atoms with Crippen LogP contribution in [0, 0.1) is 0 Å². The Morgan fingerprint density at radius 2 is 2.50 bits per heavy atom. The highest BCUT2D eigenvalue weighted by molar-refractivity contribution is 9.11. The van der Waals surface area contributed by atoms with Gasteiger partial charge in [-0.3, -0.25) is 0 Å². The number of aliphatic hydroxyl groups is 1. The van der Waals surface area contributed by atoms with Crippen molar-refractivity contribution in [3.63, 3.8) is 0 Å². The monoisotopic (exact) mass is 176 g/mol. The van der Waals surface area contributed by atoms with E-state index in [0.29, 0.717) is 0 Å². The van der Waals surface area contributed by atoms with Gasteiger partial charge in [-0.05, 0) is 19.8 Å². The standard InChI is InChI=1S/C6H9BrO/c1-6(8)4-2-3-5(6)7/h3,8H,2,4H2,1H3. The summed E-state index contributed by atoms with van der Waals surface area (Å²) in [5.41, 5.74) is -0.569. The van der Waals surface area contributed by atoms with Gasteiger partial charge in [0.25, 0.3) is 0 Å². The fourth-order valence-electron chi connectivity index (χ4n) is 0.819. The van der Waals surface area contributed by atoms with Crippen molar-refractivity contribution in [2.24, 2.45) is 0 Å². The van der Waals surface area contributed by atoms with Gasteiger partial charge in [0.15, 0.2) is 0 Å². The van der Waals surface area contributed by atoms with Gasteiger partial charge in [0.1, 0.15) is 0 Å². The lowest BCUT2D eigenvalue weighted by molar-refractivity contribution is 0.109. The van der Waals surface area contributed by atoms with E-state index in [1.807, 2.05) is 13.0 Å². The van der Waals surface area contributed by atoms with E-state index in [1.165, 1.54) is 0 Å². The van der Waals surface area contributed by atoms with Crippen molar-refractivity contribution in [2.75, 3.05) is 0 Å². The predicted octanol–water partition coefficient (Wildman–Crippen LogP) is 1.81. The maximum atomic E-state index is 9.35. The average Bonchev–Trinajstić information content (AvgIpc) is 1.86. The number of rotatable bonds is 0. The van der Waals surface area contributed by atoms with E-state index in [-0.39, 0.29) is 0 Å². The van der Waals surface area contributed by atoms with Crippen LogP contribution < -0.4 is 0 Å². The van der Waals surface area contributed by atoms with Gasteiger partial charge in [0.05, 0.1) is 5.60 Å². The minimum absolute atomic E-state index is 0.569. The molecule has 0 fully saturated rings. The quantitative estimate of drug-likeness (QED) is 0.598. The van der Waals surface area contributed by atoms with Crippen LogP contribution >= 0.6 is 15.9 Å². The number of allylic oxidation sites excluding steroid dienone is 1. The third kappa shape index (κ3) is 0.955. The van der Waals surface area contributed by atoms with Gasteiger partial charge < -0.3 is 5.11 Å². The van der Waals surface area contributed by atoms with E-state index in [4.69, 9.17) is 0 Å². The minimum atomic E-state index is -0.569. The molecule has 0 amide bonds. The Morgan fingerprint density at radius 1 is 1.88 bits per heavy atom. The first kappa shape index (κ1) is 6.30. The van der Waals surface area contributed by atoms with Crippen molar-refractivity contribution < 1.29 is 5.11 Å². The van der Waals surface area contributed by atoms with Crippen LogP contribution in [0.1, 0.15) is 19.8 Å². The zero-order chi connectivity index (χ0) is 6.20. The summed E-state index contributed by atoms with van der Waals surface area (Å²) in [6.45, 7) is 1.82. The summed E-state index contributed by atoms with van der Waals surface area (Å²) in [7, 11) is 0. The molecule has 0 radical (unpaired) electrons. The summed E-state index contributed by atoms with van der Waals surface area (Å²) >= 11 is 3.27. The van der Waals surface area contributed by atoms with E-state index in [1.54, 1.807) is 0 Å². The molecule has 0 aromatic carbocycles. The maximum Gasteiger partial charge on any atom is 0.0932 e. The molecule has 2 heteroatoms. The number of hydrogen-bond acceptors (Lipinski definition) is 1. The maximum absolute atomic E-state index is 9.35. The molecule has 1 nitrogen and oxygen atoms in total. The Hall–Kier alpha value is 0.180. The number of hydrogen-bond donors (Lipinski definition) is 1. The highest BCUT2D eigenvalue weighted by Gasteiger charge is 2.27. The van der Waals surface area contributed by atoms with Crippen LogP contribution in [0.25, 0.3) is 0 Å². The average molecular weight is 177 g/mol. The second-order valence-electron chi connectivity index (χ2n) is 2.36. The lowest BCUT2D eigenvalue weighted by Crippen LogP contribution is -2.19. The van der Waals surface area contributed by atoms with Gasteiger partial charge in [-0.1, -0.05) is 22.0 Å². The molecule has 0 spiro atoms. The molecule has 1 unspecified atom stereocenters.